The normalized spacial score (nSPS) is 13.0. The van der Waals surface area contributed by atoms with E-state index in [1.807, 2.05) is 19.1 Å². The van der Waals surface area contributed by atoms with Crippen molar-refractivity contribution >= 4 is 5.71 Å². The fourth-order valence-electron chi connectivity index (χ4n) is 1.18. The zero-order valence-electron chi connectivity index (χ0n) is 8.81. The number of aromatic nitrogens is 2. The molecule has 4 heteroatoms. The fourth-order valence-corrected chi connectivity index (χ4v) is 1.18. The van der Waals surface area contributed by atoms with Crippen molar-refractivity contribution in [3.63, 3.8) is 0 Å². The summed E-state index contributed by atoms with van der Waals surface area (Å²) in [6.45, 7) is 6.09. The van der Waals surface area contributed by atoms with Crippen LogP contribution in [0.1, 0.15) is 26.5 Å². The smallest absolute Gasteiger partial charge is 0.106 e. The molecule has 0 radical (unpaired) electrons. The van der Waals surface area contributed by atoms with E-state index >= 15 is 0 Å². The lowest BCUT2D eigenvalue weighted by atomic mass is 10.1. The monoisotopic (exact) mass is 192 g/mol. The minimum absolute atomic E-state index is 0.324. The van der Waals surface area contributed by atoms with Crippen LogP contribution in [-0.2, 0) is 0 Å². The van der Waals surface area contributed by atoms with Crippen molar-refractivity contribution in [1.29, 1.82) is 0 Å². The standard InChI is InChI=1S/C10H16N4/c1-4-6-12-10(8(2)3)9-5-7-13-14(9)11/h4-8H,11H2,1-3H3/b6-4-,12-10-. The summed E-state index contributed by atoms with van der Waals surface area (Å²) >= 11 is 0. The molecule has 0 aliphatic carbocycles. The Balaban J connectivity index is 3.07. The molecule has 76 valence electrons. The average molecular weight is 192 g/mol. The quantitative estimate of drug-likeness (QED) is 0.584. The molecule has 1 rings (SSSR count). The van der Waals surface area contributed by atoms with Crippen molar-refractivity contribution in [3.05, 3.63) is 30.2 Å². The number of nitrogens with two attached hydrogens (primary N) is 1. The van der Waals surface area contributed by atoms with Gasteiger partial charge in [0.25, 0.3) is 0 Å². The predicted molar refractivity (Wildman–Crippen MR) is 58.6 cm³/mol. The molecular weight excluding hydrogens is 176 g/mol. The van der Waals surface area contributed by atoms with Gasteiger partial charge in [-0.3, -0.25) is 4.99 Å². The van der Waals surface area contributed by atoms with Crippen LogP contribution < -0.4 is 5.84 Å². The van der Waals surface area contributed by atoms with Crippen molar-refractivity contribution < 1.29 is 0 Å². The Hall–Kier alpha value is -1.58. The van der Waals surface area contributed by atoms with E-state index in [2.05, 4.69) is 23.9 Å². The first-order valence-corrected chi connectivity index (χ1v) is 4.65. The summed E-state index contributed by atoms with van der Waals surface area (Å²) in [4.78, 5) is 5.69. The summed E-state index contributed by atoms with van der Waals surface area (Å²) in [5, 5.41) is 3.92. The Kier molecular flexibility index (Phi) is 3.45. The van der Waals surface area contributed by atoms with E-state index in [-0.39, 0.29) is 0 Å². The molecule has 0 amide bonds. The Labute approximate surface area is 84.1 Å². The Morgan fingerprint density at radius 1 is 1.64 bits per heavy atom. The van der Waals surface area contributed by atoms with Gasteiger partial charge in [0.2, 0.25) is 0 Å². The van der Waals surface area contributed by atoms with Gasteiger partial charge < -0.3 is 5.84 Å². The van der Waals surface area contributed by atoms with Crippen LogP contribution in [0.15, 0.2) is 29.5 Å². The largest absolute Gasteiger partial charge is 0.323 e. The van der Waals surface area contributed by atoms with E-state index in [1.54, 1.807) is 12.4 Å². The molecule has 1 heterocycles. The highest BCUT2D eigenvalue weighted by Gasteiger charge is 2.11. The zero-order valence-corrected chi connectivity index (χ0v) is 8.81. The van der Waals surface area contributed by atoms with Gasteiger partial charge in [0.15, 0.2) is 0 Å². The van der Waals surface area contributed by atoms with Crippen LogP contribution in [0.4, 0.5) is 0 Å². The highest BCUT2D eigenvalue weighted by atomic mass is 15.5. The summed E-state index contributed by atoms with van der Waals surface area (Å²) in [6.07, 6.45) is 5.32. The lowest BCUT2D eigenvalue weighted by molar-refractivity contribution is 0.799. The topological polar surface area (TPSA) is 56.2 Å². The first kappa shape index (κ1) is 10.5. The van der Waals surface area contributed by atoms with Crippen LogP contribution in [0.2, 0.25) is 0 Å². The second-order valence-corrected chi connectivity index (χ2v) is 3.31. The first-order chi connectivity index (χ1) is 6.66. The molecule has 0 unspecified atom stereocenters. The molecule has 0 aliphatic heterocycles. The van der Waals surface area contributed by atoms with E-state index in [1.165, 1.54) is 4.79 Å². The third-order valence-corrected chi connectivity index (χ3v) is 1.84. The van der Waals surface area contributed by atoms with Crippen molar-refractivity contribution in [2.24, 2.45) is 10.9 Å². The van der Waals surface area contributed by atoms with Gasteiger partial charge in [-0.25, -0.2) is 0 Å². The minimum atomic E-state index is 0.324. The van der Waals surface area contributed by atoms with Crippen molar-refractivity contribution in [2.45, 2.75) is 20.8 Å². The third kappa shape index (κ3) is 2.22. The Morgan fingerprint density at radius 3 is 2.79 bits per heavy atom. The summed E-state index contributed by atoms with van der Waals surface area (Å²) in [5.74, 6) is 5.98. The van der Waals surface area contributed by atoms with Crippen LogP contribution >= 0.6 is 0 Å². The fraction of sp³-hybridized carbons (Fsp3) is 0.400. The lowest BCUT2D eigenvalue weighted by Crippen LogP contribution is -2.21. The van der Waals surface area contributed by atoms with Crippen LogP contribution in [0.5, 0.6) is 0 Å². The molecule has 0 aliphatic rings. The summed E-state index contributed by atoms with van der Waals surface area (Å²) in [5.41, 5.74) is 1.81. The minimum Gasteiger partial charge on any atom is -0.323 e. The van der Waals surface area contributed by atoms with E-state index in [9.17, 15) is 0 Å². The van der Waals surface area contributed by atoms with E-state index in [0.717, 1.165) is 11.4 Å². The average Bonchev–Trinajstić information content (AvgIpc) is 2.52. The van der Waals surface area contributed by atoms with Crippen LogP contribution in [0, 0.1) is 5.92 Å². The number of hydrogen-bond acceptors (Lipinski definition) is 3. The van der Waals surface area contributed by atoms with E-state index in [4.69, 9.17) is 5.84 Å². The molecule has 0 fully saturated rings. The molecule has 1 aromatic heterocycles. The third-order valence-electron chi connectivity index (χ3n) is 1.84. The molecule has 0 spiro atoms. The number of aliphatic imine (C=N–C) groups is 1. The van der Waals surface area contributed by atoms with Crippen LogP contribution in [-0.4, -0.2) is 15.6 Å². The van der Waals surface area contributed by atoms with Crippen molar-refractivity contribution in [1.82, 2.24) is 9.89 Å². The molecule has 4 nitrogen and oxygen atoms in total. The molecular formula is C10H16N4. The molecule has 1 aromatic rings. The molecule has 14 heavy (non-hydrogen) atoms. The second kappa shape index (κ2) is 4.60. The van der Waals surface area contributed by atoms with Gasteiger partial charge in [-0.2, -0.15) is 9.89 Å². The predicted octanol–water partition coefficient (Wildman–Crippen LogP) is 1.58. The maximum atomic E-state index is 5.65. The van der Waals surface area contributed by atoms with Crippen LogP contribution in [0.3, 0.4) is 0 Å². The van der Waals surface area contributed by atoms with Crippen molar-refractivity contribution in [3.8, 4) is 0 Å². The Bertz CT molecular complexity index is 347. The SMILES string of the molecule is C/C=C\N=C(/c1ccnn1N)C(C)C. The second-order valence-electron chi connectivity index (χ2n) is 3.31. The van der Waals surface area contributed by atoms with Gasteiger partial charge in [0.1, 0.15) is 5.69 Å². The number of nitrogens with zero attached hydrogens (tertiary/aromatic N) is 3. The van der Waals surface area contributed by atoms with Gasteiger partial charge in [0, 0.05) is 6.20 Å². The molecule has 0 saturated carbocycles. The summed E-state index contributed by atoms with van der Waals surface area (Å²) in [7, 11) is 0. The maximum absolute atomic E-state index is 5.65. The first-order valence-electron chi connectivity index (χ1n) is 4.65. The maximum Gasteiger partial charge on any atom is 0.106 e. The number of allylic oxidation sites excluding steroid dienone is 1. The highest BCUT2D eigenvalue weighted by Crippen LogP contribution is 2.08. The van der Waals surface area contributed by atoms with Crippen molar-refractivity contribution in [2.75, 3.05) is 5.84 Å². The summed E-state index contributed by atoms with van der Waals surface area (Å²) < 4.78 is 0. The molecule has 2 N–H and O–H groups in total. The van der Waals surface area contributed by atoms with Crippen LogP contribution in [0.25, 0.3) is 0 Å². The molecule has 0 atom stereocenters. The Morgan fingerprint density at radius 2 is 2.36 bits per heavy atom. The van der Waals surface area contributed by atoms with Gasteiger partial charge >= 0.3 is 0 Å². The summed E-state index contributed by atoms with van der Waals surface area (Å²) in [6, 6.07) is 1.86. The molecule has 0 aromatic carbocycles. The molecule has 0 saturated heterocycles. The number of rotatable bonds is 3. The number of hydrogen-bond donors (Lipinski definition) is 1. The van der Waals surface area contributed by atoms with E-state index < -0.39 is 0 Å². The van der Waals surface area contributed by atoms with E-state index in [0.29, 0.717) is 5.92 Å². The lowest BCUT2D eigenvalue weighted by Gasteiger charge is -2.08. The highest BCUT2D eigenvalue weighted by molar-refractivity contribution is 6.00. The van der Waals surface area contributed by atoms with Gasteiger partial charge in [-0.05, 0) is 18.9 Å². The van der Waals surface area contributed by atoms with Gasteiger partial charge in [-0.15, -0.1) is 0 Å². The number of nitrogen functional groups attached to an aromatic ring is 1. The molecule has 0 bridgehead atoms. The van der Waals surface area contributed by atoms with Gasteiger partial charge in [0.05, 0.1) is 11.9 Å². The zero-order chi connectivity index (χ0) is 10.6. The van der Waals surface area contributed by atoms with Gasteiger partial charge in [-0.1, -0.05) is 19.9 Å².